The fourth-order valence-corrected chi connectivity index (χ4v) is 3.77. The second kappa shape index (κ2) is 13.5. The highest BCUT2D eigenvalue weighted by Crippen LogP contribution is 2.19. The molecule has 10 heteroatoms. The SMILES string of the molecule is Cc1ccc(Nc2ccc(/C=N/Nc3ncc(F)c(N4CCOCC4)n3)nc2)cc1.Cc1cccc(Cl)c1. The number of hydrazone groups is 1. The number of aromatic nitrogens is 3. The maximum atomic E-state index is 14.1. The predicted molar refractivity (Wildman–Crippen MR) is 151 cm³/mol. The van der Waals surface area contributed by atoms with Crippen molar-refractivity contribution >= 4 is 41.0 Å². The molecule has 0 bridgehead atoms. The molecule has 0 aliphatic carbocycles. The number of aryl methyl sites for hydroxylation is 2. The number of nitrogens with one attached hydrogen (secondary N) is 2. The zero-order valence-electron chi connectivity index (χ0n) is 21.2. The van der Waals surface area contributed by atoms with Crippen LogP contribution in [0.1, 0.15) is 16.8 Å². The van der Waals surface area contributed by atoms with Gasteiger partial charge >= 0.3 is 0 Å². The number of nitrogens with zero attached hydrogens (tertiary/aromatic N) is 5. The van der Waals surface area contributed by atoms with Crippen molar-refractivity contribution in [2.45, 2.75) is 13.8 Å². The number of anilines is 4. The predicted octanol–water partition coefficient (Wildman–Crippen LogP) is 5.99. The summed E-state index contributed by atoms with van der Waals surface area (Å²) in [6.45, 7) is 6.34. The lowest BCUT2D eigenvalue weighted by molar-refractivity contribution is 0.122. The van der Waals surface area contributed by atoms with Crippen LogP contribution in [-0.4, -0.2) is 47.5 Å². The maximum Gasteiger partial charge on any atom is 0.245 e. The van der Waals surface area contributed by atoms with E-state index >= 15 is 0 Å². The summed E-state index contributed by atoms with van der Waals surface area (Å²) in [5.41, 5.74) is 7.67. The lowest BCUT2D eigenvalue weighted by Gasteiger charge is -2.27. The second-order valence-electron chi connectivity index (χ2n) is 8.60. The second-order valence-corrected chi connectivity index (χ2v) is 9.03. The Balaban J connectivity index is 0.000000360. The zero-order valence-corrected chi connectivity index (χ0v) is 22.0. The highest BCUT2D eigenvalue weighted by Gasteiger charge is 2.17. The van der Waals surface area contributed by atoms with Crippen molar-refractivity contribution in [2.24, 2.45) is 5.10 Å². The van der Waals surface area contributed by atoms with Gasteiger partial charge in [-0.05, 0) is 55.8 Å². The van der Waals surface area contributed by atoms with E-state index in [2.05, 4.69) is 30.8 Å². The molecule has 0 amide bonds. The number of pyridine rings is 1. The van der Waals surface area contributed by atoms with Gasteiger partial charge in [0.05, 0.1) is 43.2 Å². The van der Waals surface area contributed by atoms with Crippen LogP contribution in [0.15, 0.2) is 78.2 Å². The van der Waals surface area contributed by atoms with E-state index in [1.54, 1.807) is 12.4 Å². The molecule has 4 aromatic rings. The standard InChI is InChI=1S/C21H22FN7O.C7H7Cl/c1-15-2-4-16(5-3-15)26-18-7-6-17(23-12-18)13-25-28-21-24-14-19(22)20(27-21)29-8-10-30-11-9-29;1-6-3-2-4-7(8)5-6/h2-7,12-14,26H,8-11H2,1H3,(H,24,27,28);2-5H,1H3/b25-13+;. The summed E-state index contributed by atoms with van der Waals surface area (Å²) in [7, 11) is 0. The van der Waals surface area contributed by atoms with Crippen molar-refractivity contribution < 1.29 is 9.13 Å². The minimum absolute atomic E-state index is 0.215. The quantitative estimate of drug-likeness (QED) is 0.232. The van der Waals surface area contributed by atoms with Crippen LogP contribution in [0, 0.1) is 19.7 Å². The first-order valence-electron chi connectivity index (χ1n) is 12.1. The molecular weight excluding hydrogens is 505 g/mol. The molecule has 0 radical (unpaired) electrons. The minimum Gasteiger partial charge on any atom is -0.378 e. The van der Waals surface area contributed by atoms with Gasteiger partial charge in [0, 0.05) is 23.8 Å². The average Bonchev–Trinajstić information content (AvgIpc) is 2.93. The lowest BCUT2D eigenvalue weighted by Crippen LogP contribution is -2.37. The summed E-state index contributed by atoms with van der Waals surface area (Å²) >= 11 is 5.64. The molecule has 2 N–H and O–H groups in total. The summed E-state index contributed by atoms with van der Waals surface area (Å²) in [5.74, 6) is -0.00720. The van der Waals surface area contributed by atoms with Crippen LogP contribution < -0.4 is 15.6 Å². The third-order valence-corrected chi connectivity index (χ3v) is 5.74. The first kappa shape index (κ1) is 27.0. The first-order valence-corrected chi connectivity index (χ1v) is 12.5. The van der Waals surface area contributed by atoms with Crippen LogP contribution in [0.2, 0.25) is 5.02 Å². The first-order chi connectivity index (χ1) is 18.5. The van der Waals surface area contributed by atoms with E-state index in [0.29, 0.717) is 32.0 Å². The van der Waals surface area contributed by atoms with Gasteiger partial charge in [0.1, 0.15) is 0 Å². The van der Waals surface area contributed by atoms with Crippen LogP contribution in [0.25, 0.3) is 0 Å². The Hall–Kier alpha value is -4.08. The summed E-state index contributed by atoms with van der Waals surface area (Å²) in [4.78, 5) is 14.3. The minimum atomic E-state index is -0.468. The molecule has 0 saturated carbocycles. The molecule has 2 aromatic carbocycles. The number of ether oxygens (including phenoxy) is 1. The summed E-state index contributed by atoms with van der Waals surface area (Å²) in [5, 5.41) is 8.20. The molecule has 5 rings (SSSR count). The van der Waals surface area contributed by atoms with E-state index in [1.165, 1.54) is 11.1 Å². The molecule has 0 spiro atoms. The molecule has 1 aliphatic rings. The molecule has 0 atom stereocenters. The van der Waals surface area contributed by atoms with Crippen LogP contribution in [0.4, 0.5) is 27.5 Å². The van der Waals surface area contributed by atoms with Crippen LogP contribution in [-0.2, 0) is 4.74 Å². The van der Waals surface area contributed by atoms with Crippen molar-refractivity contribution in [3.05, 3.63) is 101 Å². The van der Waals surface area contributed by atoms with E-state index < -0.39 is 5.82 Å². The Morgan fingerprint density at radius 3 is 2.37 bits per heavy atom. The van der Waals surface area contributed by atoms with Crippen LogP contribution >= 0.6 is 11.6 Å². The molecular formula is C28H29ClFN7O. The topological polar surface area (TPSA) is 87.6 Å². The van der Waals surface area contributed by atoms with Crippen LogP contribution in [0.3, 0.4) is 0 Å². The third-order valence-electron chi connectivity index (χ3n) is 5.50. The summed E-state index contributed by atoms with van der Waals surface area (Å²) in [6, 6.07) is 19.6. The van der Waals surface area contributed by atoms with Crippen molar-refractivity contribution in [3.8, 4) is 0 Å². The van der Waals surface area contributed by atoms with Gasteiger partial charge in [0.25, 0.3) is 0 Å². The Labute approximate surface area is 226 Å². The number of hydrogen-bond acceptors (Lipinski definition) is 8. The van der Waals surface area contributed by atoms with Crippen molar-refractivity contribution in [2.75, 3.05) is 41.9 Å². The Morgan fingerprint density at radius 1 is 0.947 bits per heavy atom. The van der Waals surface area contributed by atoms with Crippen molar-refractivity contribution in [1.29, 1.82) is 0 Å². The summed E-state index contributed by atoms with van der Waals surface area (Å²) in [6.07, 6.45) is 4.42. The molecule has 1 fully saturated rings. The van der Waals surface area contributed by atoms with Gasteiger partial charge in [-0.25, -0.2) is 14.8 Å². The molecule has 1 aliphatic heterocycles. The molecule has 196 valence electrons. The molecule has 3 heterocycles. The lowest BCUT2D eigenvalue weighted by atomic mass is 10.2. The Bertz CT molecular complexity index is 1330. The highest BCUT2D eigenvalue weighted by atomic mass is 35.5. The number of rotatable bonds is 6. The molecule has 1 saturated heterocycles. The van der Waals surface area contributed by atoms with Gasteiger partial charge in [-0.3, -0.25) is 4.98 Å². The summed E-state index contributed by atoms with van der Waals surface area (Å²) < 4.78 is 19.4. The van der Waals surface area contributed by atoms with E-state index in [9.17, 15) is 4.39 Å². The molecule has 2 aromatic heterocycles. The van der Waals surface area contributed by atoms with Crippen molar-refractivity contribution in [1.82, 2.24) is 15.0 Å². The number of hydrogen-bond donors (Lipinski definition) is 2. The van der Waals surface area contributed by atoms with E-state index in [1.807, 2.05) is 79.4 Å². The monoisotopic (exact) mass is 533 g/mol. The number of halogens is 2. The van der Waals surface area contributed by atoms with Gasteiger partial charge in [-0.1, -0.05) is 41.4 Å². The smallest absolute Gasteiger partial charge is 0.245 e. The van der Waals surface area contributed by atoms with Gasteiger partial charge in [0.15, 0.2) is 11.6 Å². The normalized spacial score (nSPS) is 13.1. The van der Waals surface area contributed by atoms with Gasteiger partial charge in [0.2, 0.25) is 5.95 Å². The molecule has 38 heavy (non-hydrogen) atoms. The van der Waals surface area contributed by atoms with Gasteiger partial charge in [-0.2, -0.15) is 10.1 Å². The Kier molecular flexibility index (Phi) is 9.55. The fourth-order valence-electron chi connectivity index (χ4n) is 3.53. The number of benzene rings is 2. The molecule has 8 nitrogen and oxygen atoms in total. The van der Waals surface area contributed by atoms with Crippen molar-refractivity contribution in [3.63, 3.8) is 0 Å². The maximum absolute atomic E-state index is 14.1. The Morgan fingerprint density at radius 2 is 1.71 bits per heavy atom. The fraction of sp³-hybridized carbons (Fsp3) is 0.214. The number of morpholine rings is 1. The molecule has 0 unspecified atom stereocenters. The zero-order chi connectivity index (χ0) is 26.7. The third kappa shape index (κ3) is 8.22. The highest BCUT2D eigenvalue weighted by molar-refractivity contribution is 6.30. The van der Waals surface area contributed by atoms with Gasteiger partial charge < -0.3 is 15.0 Å². The average molecular weight is 534 g/mol. The van der Waals surface area contributed by atoms with Crippen LogP contribution in [0.5, 0.6) is 0 Å². The van der Waals surface area contributed by atoms with E-state index in [0.717, 1.165) is 22.6 Å². The van der Waals surface area contributed by atoms with E-state index in [4.69, 9.17) is 16.3 Å². The van der Waals surface area contributed by atoms with E-state index in [-0.39, 0.29) is 11.8 Å². The van der Waals surface area contributed by atoms with Gasteiger partial charge in [-0.15, -0.1) is 0 Å². The largest absolute Gasteiger partial charge is 0.378 e.